The van der Waals surface area contributed by atoms with Crippen molar-refractivity contribution in [2.24, 2.45) is 5.92 Å². The highest BCUT2D eigenvalue weighted by atomic mass is 16.5. The van der Waals surface area contributed by atoms with Crippen molar-refractivity contribution in [2.75, 3.05) is 13.2 Å². The lowest BCUT2D eigenvalue weighted by atomic mass is 9.92. The number of benzene rings is 1. The molecule has 100 valence electrons. The molecule has 19 heavy (non-hydrogen) atoms. The van der Waals surface area contributed by atoms with E-state index in [9.17, 15) is 4.79 Å². The van der Waals surface area contributed by atoms with Crippen LogP contribution in [0.3, 0.4) is 0 Å². The van der Waals surface area contributed by atoms with E-state index < -0.39 is 0 Å². The van der Waals surface area contributed by atoms with Crippen LogP contribution in [-0.2, 0) is 4.74 Å². The molecule has 1 aromatic rings. The van der Waals surface area contributed by atoms with Crippen LogP contribution in [0.1, 0.15) is 35.7 Å². The number of ether oxygens (including phenoxy) is 1. The Morgan fingerprint density at radius 1 is 1.47 bits per heavy atom. The van der Waals surface area contributed by atoms with Crippen LogP contribution in [0.25, 0.3) is 0 Å². The van der Waals surface area contributed by atoms with Crippen LogP contribution in [0, 0.1) is 17.2 Å². The van der Waals surface area contributed by atoms with Crippen molar-refractivity contribution in [3.8, 4) is 6.07 Å². The smallest absolute Gasteiger partial charge is 0.251 e. The quantitative estimate of drug-likeness (QED) is 0.903. The van der Waals surface area contributed by atoms with Crippen molar-refractivity contribution in [2.45, 2.75) is 25.8 Å². The van der Waals surface area contributed by atoms with Crippen LogP contribution in [0.15, 0.2) is 24.3 Å². The summed E-state index contributed by atoms with van der Waals surface area (Å²) in [5.41, 5.74) is 1.05. The first-order chi connectivity index (χ1) is 9.20. The fraction of sp³-hybridized carbons (Fsp3) is 0.467. The highest BCUT2D eigenvalue weighted by Gasteiger charge is 2.22. The van der Waals surface area contributed by atoms with Gasteiger partial charge in [0.05, 0.1) is 11.6 Å². The number of carbonyl (C=O) groups excluding carboxylic acids is 1. The Balaban J connectivity index is 1.98. The van der Waals surface area contributed by atoms with E-state index in [1.165, 1.54) is 0 Å². The summed E-state index contributed by atoms with van der Waals surface area (Å²) in [5, 5.41) is 11.8. The molecular weight excluding hydrogens is 240 g/mol. The molecule has 1 N–H and O–H groups in total. The summed E-state index contributed by atoms with van der Waals surface area (Å²) in [6.07, 6.45) is 1.97. The van der Waals surface area contributed by atoms with Crippen molar-refractivity contribution in [1.29, 1.82) is 5.26 Å². The molecule has 0 bridgehead atoms. The van der Waals surface area contributed by atoms with Gasteiger partial charge < -0.3 is 10.1 Å². The molecule has 2 rings (SSSR count). The second-order valence-electron chi connectivity index (χ2n) is 4.90. The zero-order valence-electron chi connectivity index (χ0n) is 11.1. The second-order valence-corrected chi connectivity index (χ2v) is 4.90. The lowest BCUT2D eigenvalue weighted by Crippen LogP contribution is -2.40. The summed E-state index contributed by atoms with van der Waals surface area (Å²) in [6, 6.07) is 8.94. The van der Waals surface area contributed by atoms with E-state index in [0.717, 1.165) is 26.1 Å². The number of amides is 1. The van der Waals surface area contributed by atoms with Gasteiger partial charge in [0, 0.05) is 24.8 Å². The molecule has 1 aliphatic rings. The van der Waals surface area contributed by atoms with Gasteiger partial charge in [-0.2, -0.15) is 5.26 Å². The normalized spacial score (nSPS) is 17.5. The Hall–Kier alpha value is -1.86. The van der Waals surface area contributed by atoms with E-state index in [-0.39, 0.29) is 11.9 Å². The van der Waals surface area contributed by atoms with Crippen LogP contribution in [0.2, 0.25) is 0 Å². The number of carbonyl (C=O) groups is 1. The molecule has 0 saturated carbocycles. The van der Waals surface area contributed by atoms with Gasteiger partial charge in [-0.05, 0) is 43.9 Å². The van der Waals surface area contributed by atoms with Crippen LogP contribution >= 0.6 is 0 Å². The Bertz CT molecular complexity index is 487. The zero-order chi connectivity index (χ0) is 13.7. The molecule has 1 amide bonds. The van der Waals surface area contributed by atoms with E-state index in [4.69, 9.17) is 10.00 Å². The maximum absolute atomic E-state index is 12.1. The average Bonchev–Trinajstić information content (AvgIpc) is 2.48. The van der Waals surface area contributed by atoms with E-state index in [1.54, 1.807) is 24.3 Å². The molecule has 1 unspecified atom stereocenters. The highest BCUT2D eigenvalue weighted by Crippen LogP contribution is 2.18. The Morgan fingerprint density at radius 2 is 2.21 bits per heavy atom. The van der Waals surface area contributed by atoms with Crippen LogP contribution in [-0.4, -0.2) is 25.2 Å². The Labute approximate surface area is 113 Å². The molecular formula is C15H18N2O2. The number of rotatable bonds is 3. The molecule has 0 spiro atoms. The topological polar surface area (TPSA) is 62.1 Å². The maximum Gasteiger partial charge on any atom is 0.251 e. The van der Waals surface area contributed by atoms with E-state index in [0.29, 0.717) is 17.0 Å². The number of nitrogens with zero attached hydrogens (tertiary/aromatic N) is 1. The van der Waals surface area contributed by atoms with E-state index in [2.05, 4.69) is 5.32 Å². The third kappa shape index (κ3) is 3.55. The van der Waals surface area contributed by atoms with E-state index >= 15 is 0 Å². The lowest BCUT2D eigenvalue weighted by molar-refractivity contribution is 0.0538. The molecule has 0 aromatic heterocycles. The molecule has 1 heterocycles. The molecule has 4 heteroatoms. The van der Waals surface area contributed by atoms with Crippen molar-refractivity contribution in [3.05, 3.63) is 35.4 Å². The van der Waals surface area contributed by atoms with Gasteiger partial charge in [0.2, 0.25) is 0 Å². The van der Waals surface area contributed by atoms with Crippen molar-refractivity contribution in [3.63, 3.8) is 0 Å². The van der Waals surface area contributed by atoms with Crippen LogP contribution < -0.4 is 5.32 Å². The summed E-state index contributed by atoms with van der Waals surface area (Å²) in [4.78, 5) is 12.1. The van der Waals surface area contributed by atoms with Crippen molar-refractivity contribution < 1.29 is 9.53 Å². The summed E-state index contributed by atoms with van der Waals surface area (Å²) in [6.45, 7) is 3.58. The molecule has 1 aliphatic heterocycles. The Morgan fingerprint density at radius 3 is 2.89 bits per heavy atom. The summed E-state index contributed by atoms with van der Waals surface area (Å²) in [5.74, 6) is 0.355. The minimum Gasteiger partial charge on any atom is -0.381 e. The predicted octanol–water partition coefficient (Wildman–Crippen LogP) is 2.10. The van der Waals surface area contributed by atoms with E-state index in [1.807, 2.05) is 13.0 Å². The zero-order valence-corrected chi connectivity index (χ0v) is 11.1. The second kappa shape index (κ2) is 6.35. The summed E-state index contributed by atoms with van der Waals surface area (Å²) < 4.78 is 5.32. The fourth-order valence-corrected chi connectivity index (χ4v) is 2.35. The number of hydrogen-bond donors (Lipinski definition) is 1. The number of nitrogens with one attached hydrogen (secondary N) is 1. The number of nitriles is 1. The summed E-state index contributed by atoms with van der Waals surface area (Å²) in [7, 11) is 0. The van der Waals surface area contributed by atoms with Gasteiger partial charge in [0.25, 0.3) is 5.91 Å². The van der Waals surface area contributed by atoms with Crippen molar-refractivity contribution in [1.82, 2.24) is 5.32 Å². The molecule has 1 aromatic carbocycles. The molecule has 4 nitrogen and oxygen atoms in total. The first-order valence-corrected chi connectivity index (χ1v) is 6.59. The molecule has 1 atom stereocenters. The lowest BCUT2D eigenvalue weighted by Gasteiger charge is -2.28. The maximum atomic E-state index is 12.1. The predicted molar refractivity (Wildman–Crippen MR) is 71.6 cm³/mol. The van der Waals surface area contributed by atoms with Gasteiger partial charge in [-0.3, -0.25) is 4.79 Å². The van der Waals surface area contributed by atoms with Gasteiger partial charge in [-0.1, -0.05) is 6.07 Å². The standard InChI is InChI=1S/C15H18N2O2/c1-11(13-5-7-19-8-6-13)17-15(18)14-4-2-3-12(9-14)10-16/h2-4,9,11,13H,5-8H2,1H3,(H,17,18). The third-order valence-electron chi connectivity index (χ3n) is 3.59. The molecule has 1 saturated heterocycles. The third-order valence-corrected chi connectivity index (χ3v) is 3.59. The van der Waals surface area contributed by atoms with Crippen LogP contribution in [0.5, 0.6) is 0 Å². The van der Waals surface area contributed by atoms with Gasteiger partial charge in [-0.15, -0.1) is 0 Å². The minimum absolute atomic E-state index is 0.115. The highest BCUT2D eigenvalue weighted by molar-refractivity contribution is 5.94. The molecule has 0 radical (unpaired) electrons. The van der Waals surface area contributed by atoms with Gasteiger partial charge in [0.1, 0.15) is 0 Å². The van der Waals surface area contributed by atoms with Crippen molar-refractivity contribution >= 4 is 5.91 Å². The average molecular weight is 258 g/mol. The SMILES string of the molecule is CC(NC(=O)c1cccc(C#N)c1)C1CCOCC1. The first-order valence-electron chi connectivity index (χ1n) is 6.59. The monoisotopic (exact) mass is 258 g/mol. The molecule has 1 fully saturated rings. The fourth-order valence-electron chi connectivity index (χ4n) is 2.35. The minimum atomic E-state index is -0.115. The van der Waals surface area contributed by atoms with Gasteiger partial charge >= 0.3 is 0 Å². The number of hydrogen-bond acceptors (Lipinski definition) is 3. The van der Waals surface area contributed by atoms with Gasteiger partial charge in [0.15, 0.2) is 0 Å². The molecule has 0 aliphatic carbocycles. The van der Waals surface area contributed by atoms with Crippen LogP contribution in [0.4, 0.5) is 0 Å². The van der Waals surface area contributed by atoms with Gasteiger partial charge in [-0.25, -0.2) is 0 Å². The Kier molecular flexibility index (Phi) is 4.53. The largest absolute Gasteiger partial charge is 0.381 e. The summed E-state index contributed by atoms with van der Waals surface area (Å²) >= 11 is 0. The first kappa shape index (κ1) is 13.6.